The molecular weight excluding hydrogens is 382 g/mol. The molecule has 0 aliphatic carbocycles. The van der Waals surface area contributed by atoms with Gasteiger partial charge in [0.1, 0.15) is 0 Å². The minimum absolute atomic E-state index is 0.00598. The standard InChI is InChI=1S/C23H27N3O2S/c1-5-16(2)26-22(28)19-13-9-10-14-20(19)24-23(26)29-17(3)21(27)25(4)15-18-11-7-6-8-12-18/h6-14,16-17H,5,15H2,1-4H3/t16-,17-/m1/s1. The van der Waals surface area contributed by atoms with Gasteiger partial charge in [0.25, 0.3) is 5.56 Å². The van der Waals surface area contributed by atoms with E-state index in [2.05, 4.69) is 0 Å². The van der Waals surface area contributed by atoms with Crippen LogP contribution in [-0.4, -0.2) is 32.7 Å². The quantitative estimate of drug-likeness (QED) is 0.426. The maximum atomic E-state index is 13.1. The van der Waals surface area contributed by atoms with Crippen molar-refractivity contribution in [2.75, 3.05) is 7.05 Å². The molecule has 3 rings (SSSR count). The number of hydrogen-bond acceptors (Lipinski definition) is 4. The Bertz CT molecular complexity index is 1050. The largest absolute Gasteiger partial charge is 0.340 e. The Labute approximate surface area is 175 Å². The number of thioether (sulfide) groups is 1. The molecular formula is C23H27N3O2S. The van der Waals surface area contributed by atoms with E-state index < -0.39 is 0 Å². The summed E-state index contributed by atoms with van der Waals surface area (Å²) < 4.78 is 1.73. The van der Waals surface area contributed by atoms with Crippen LogP contribution in [0, 0.1) is 0 Å². The van der Waals surface area contributed by atoms with Gasteiger partial charge in [-0.25, -0.2) is 4.98 Å². The lowest BCUT2D eigenvalue weighted by Gasteiger charge is -2.23. The summed E-state index contributed by atoms with van der Waals surface area (Å²) in [6, 6.07) is 17.3. The van der Waals surface area contributed by atoms with Crippen molar-refractivity contribution in [3.8, 4) is 0 Å². The van der Waals surface area contributed by atoms with Crippen LogP contribution in [0.4, 0.5) is 0 Å². The lowest BCUT2D eigenvalue weighted by atomic mass is 10.2. The molecule has 0 unspecified atom stereocenters. The fourth-order valence-corrected chi connectivity index (χ4v) is 4.36. The van der Waals surface area contributed by atoms with Gasteiger partial charge in [0.05, 0.1) is 16.2 Å². The summed E-state index contributed by atoms with van der Waals surface area (Å²) in [5.41, 5.74) is 1.70. The lowest BCUT2D eigenvalue weighted by molar-refractivity contribution is -0.129. The number of benzene rings is 2. The second kappa shape index (κ2) is 9.27. The molecule has 0 aliphatic heterocycles. The third kappa shape index (κ3) is 4.70. The Morgan fingerprint density at radius 1 is 1.10 bits per heavy atom. The van der Waals surface area contributed by atoms with Gasteiger partial charge in [-0.05, 0) is 38.0 Å². The first-order valence-electron chi connectivity index (χ1n) is 9.89. The number of aromatic nitrogens is 2. The highest BCUT2D eigenvalue weighted by Crippen LogP contribution is 2.27. The minimum atomic E-state index is -0.355. The van der Waals surface area contributed by atoms with E-state index in [9.17, 15) is 9.59 Å². The molecule has 29 heavy (non-hydrogen) atoms. The number of carbonyl (C=O) groups is 1. The van der Waals surface area contributed by atoms with Crippen LogP contribution in [0.2, 0.25) is 0 Å². The Balaban J connectivity index is 1.88. The van der Waals surface area contributed by atoms with E-state index in [0.717, 1.165) is 12.0 Å². The number of para-hydroxylation sites is 1. The smallest absolute Gasteiger partial charge is 0.262 e. The number of nitrogens with zero attached hydrogens (tertiary/aromatic N) is 3. The molecule has 152 valence electrons. The molecule has 0 saturated carbocycles. The van der Waals surface area contributed by atoms with Gasteiger partial charge in [0.15, 0.2) is 5.16 Å². The van der Waals surface area contributed by atoms with E-state index >= 15 is 0 Å². The fourth-order valence-electron chi connectivity index (χ4n) is 3.23. The average Bonchev–Trinajstić information content (AvgIpc) is 2.73. The lowest BCUT2D eigenvalue weighted by Crippen LogP contribution is -2.34. The second-order valence-corrected chi connectivity index (χ2v) is 8.59. The van der Waals surface area contributed by atoms with Crippen molar-refractivity contribution < 1.29 is 4.79 Å². The zero-order chi connectivity index (χ0) is 21.0. The van der Waals surface area contributed by atoms with Crippen LogP contribution < -0.4 is 5.56 Å². The predicted octanol–water partition coefficient (Wildman–Crippen LogP) is 4.51. The summed E-state index contributed by atoms with van der Waals surface area (Å²) in [6.07, 6.45) is 0.809. The third-order valence-corrected chi connectivity index (χ3v) is 6.13. The number of hydrogen-bond donors (Lipinski definition) is 0. The molecule has 0 bridgehead atoms. The van der Waals surface area contributed by atoms with Gasteiger partial charge in [0, 0.05) is 19.6 Å². The summed E-state index contributed by atoms with van der Waals surface area (Å²) in [7, 11) is 1.81. The SMILES string of the molecule is CC[C@@H](C)n1c(S[C@H](C)C(=O)N(C)Cc2ccccc2)nc2ccccc2c1=O. The first-order chi connectivity index (χ1) is 13.9. The number of carbonyl (C=O) groups excluding carboxylic acids is 1. The van der Waals surface area contributed by atoms with Crippen molar-refractivity contribution in [2.24, 2.45) is 0 Å². The number of amides is 1. The van der Waals surface area contributed by atoms with E-state index in [4.69, 9.17) is 4.98 Å². The molecule has 2 aromatic carbocycles. The molecule has 0 fully saturated rings. The van der Waals surface area contributed by atoms with E-state index in [1.807, 2.05) is 76.3 Å². The molecule has 6 heteroatoms. The molecule has 3 aromatic rings. The molecule has 1 heterocycles. The fraction of sp³-hybridized carbons (Fsp3) is 0.348. The summed E-state index contributed by atoms with van der Waals surface area (Å²) in [6.45, 7) is 6.48. The van der Waals surface area contributed by atoms with Gasteiger partial charge in [-0.1, -0.05) is 61.2 Å². The summed E-state index contributed by atoms with van der Waals surface area (Å²) in [4.78, 5) is 32.5. The summed E-state index contributed by atoms with van der Waals surface area (Å²) in [5.74, 6) is 0.0111. The zero-order valence-corrected chi connectivity index (χ0v) is 18.1. The van der Waals surface area contributed by atoms with Crippen LogP contribution in [0.15, 0.2) is 64.5 Å². The molecule has 0 spiro atoms. The van der Waals surface area contributed by atoms with Crippen LogP contribution in [0.5, 0.6) is 0 Å². The van der Waals surface area contributed by atoms with Crippen molar-refractivity contribution in [1.29, 1.82) is 0 Å². The van der Waals surface area contributed by atoms with Gasteiger partial charge < -0.3 is 4.90 Å². The third-order valence-electron chi connectivity index (χ3n) is 5.08. The number of fused-ring (bicyclic) bond motifs is 1. The molecule has 1 amide bonds. The van der Waals surface area contributed by atoms with Gasteiger partial charge in [0.2, 0.25) is 5.91 Å². The Morgan fingerprint density at radius 3 is 2.45 bits per heavy atom. The van der Waals surface area contributed by atoms with E-state index in [1.54, 1.807) is 15.5 Å². The zero-order valence-electron chi connectivity index (χ0n) is 17.3. The molecule has 0 radical (unpaired) electrons. The summed E-state index contributed by atoms with van der Waals surface area (Å²) in [5, 5.41) is 0.849. The minimum Gasteiger partial charge on any atom is -0.340 e. The first-order valence-corrected chi connectivity index (χ1v) is 10.8. The van der Waals surface area contributed by atoms with E-state index in [-0.39, 0.29) is 22.8 Å². The van der Waals surface area contributed by atoms with Gasteiger partial charge >= 0.3 is 0 Å². The van der Waals surface area contributed by atoms with Crippen LogP contribution in [-0.2, 0) is 11.3 Å². The molecule has 2 atom stereocenters. The monoisotopic (exact) mass is 409 g/mol. The highest BCUT2D eigenvalue weighted by Gasteiger charge is 2.23. The van der Waals surface area contributed by atoms with Crippen LogP contribution >= 0.6 is 11.8 Å². The average molecular weight is 410 g/mol. The molecule has 1 aromatic heterocycles. The maximum Gasteiger partial charge on any atom is 0.262 e. The van der Waals surface area contributed by atoms with Crippen molar-refractivity contribution in [3.05, 3.63) is 70.5 Å². The highest BCUT2D eigenvalue weighted by atomic mass is 32.2. The van der Waals surface area contributed by atoms with Gasteiger partial charge in [-0.2, -0.15) is 0 Å². The topological polar surface area (TPSA) is 55.2 Å². The maximum absolute atomic E-state index is 13.1. The normalized spacial score (nSPS) is 13.2. The van der Waals surface area contributed by atoms with E-state index in [1.165, 1.54) is 11.8 Å². The molecule has 0 N–H and O–H groups in total. The predicted molar refractivity (Wildman–Crippen MR) is 119 cm³/mol. The van der Waals surface area contributed by atoms with Crippen LogP contribution in [0.3, 0.4) is 0 Å². The first kappa shape index (κ1) is 21.1. The number of rotatable bonds is 7. The van der Waals surface area contributed by atoms with Gasteiger partial charge in [-0.15, -0.1) is 0 Å². The highest BCUT2D eigenvalue weighted by molar-refractivity contribution is 8.00. The molecule has 0 aliphatic rings. The molecule has 0 saturated heterocycles. The van der Waals surface area contributed by atoms with E-state index in [0.29, 0.717) is 22.6 Å². The Hall–Kier alpha value is -2.60. The van der Waals surface area contributed by atoms with Crippen molar-refractivity contribution >= 4 is 28.6 Å². The van der Waals surface area contributed by atoms with Crippen molar-refractivity contribution in [3.63, 3.8) is 0 Å². The van der Waals surface area contributed by atoms with Crippen LogP contribution in [0.1, 0.15) is 38.8 Å². The van der Waals surface area contributed by atoms with Crippen molar-refractivity contribution in [1.82, 2.24) is 14.5 Å². The summed E-state index contributed by atoms with van der Waals surface area (Å²) >= 11 is 1.35. The Morgan fingerprint density at radius 2 is 1.76 bits per heavy atom. The second-order valence-electron chi connectivity index (χ2n) is 7.28. The van der Waals surface area contributed by atoms with Crippen molar-refractivity contribution in [2.45, 2.75) is 50.2 Å². The van der Waals surface area contributed by atoms with Crippen LogP contribution in [0.25, 0.3) is 10.9 Å². The molecule has 5 nitrogen and oxygen atoms in total. The Kier molecular flexibility index (Phi) is 6.75. The van der Waals surface area contributed by atoms with Gasteiger partial charge in [-0.3, -0.25) is 14.2 Å².